The number of methoxy groups -OCH3 is 1. The van der Waals surface area contributed by atoms with E-state index in [2.05, 4.69) is 14.8 Å². The Kier molecular flexibility index (Phi) is 4.05. The molecule has 0 aliphatic rings. The summed E-state index contributed by atoms with van der Waals surface area (Å²) in [6.45, 7) is 0. The maximum Gasteiger partial charge on any atom is 0.357 e. The topological polar surface area (TPSA) is 99.6 Å². The maximum absolute atomic E-state index is 11.7. The number of hydrogen-bond donors (Lipinski definition) is 0. The summed E-state index contributed by atoms with van der Waals surface area (Å²) in [5, 5.41) is 14.7. The van der Waals surface area contributed by atoms with Gasteiger partial charge in [0.2, 0.25) is 5.65 Å². The van der Waals surface area contributed by atoms with Crippen molar-refractivity contribution in [1.29, 1.82) is 0 Å². The molecule has 8 nitrogen and oxygen atoms in total. The van der Waals surface area contributed by atoms with E-state index < -0.39 is 10.9 Å². The van der Waals surface area contributed by atoms with E-state index >= 15 is 0 Å². The average Bonchev–Trinajstić information content (AvgIpc) is 2.85. The number of rotatable bonds is 4. The van der Waals surface area contributed by atoms with Gasteiger partial charge in [-0.2, -0.15) is 9.61 Å². The molecule has 0 fully saturated rings. The fourth-order valence-corrected chi connectivity index (χ4v) is 2.19. The van der Waals surface area contributed by atoms with Gasteiger partial charge < -0.3 is 4.74 Å². The minimum Gasteiger partial charge on any atom is -0.464 e. The number of fused-ring (bicyclic) bond motifs is 1. The van der Waals surface area contributed by atoms with Crippen molar-refractivity contribution in [2.45, 2.75) is 6.42 Å². The number of alkyl halides is 1. The Bertz CT molecular complexity index is 700. The van der Waals surface area contributed by atoms with E-state index in [4.69, 9.17) is 23.2 Å². The second-order valence-electron chi connectivity index (χ2n) is 3.68. The summed E-state index contributed by atoms with van der Waals surface area (Å²) < 4.78 is 5.69. The first-order valence-electron chi connectivity index (χ1n) is 5.36. The van der Waals surface area contributed by atoms with Crippen LogP contribution in [-0.2, 0) is 11.2 Å². The molecular weight excluding hydrogens is 311 g/mol. The van der Waals surface area contributed by atoms with Gasteiger partial charge in [0.05, 0.1) is 12.0 Å². The molecule has 0 aliphatic heterocycles. The van der Waals surface area contributed by atoms with Gasteiger partial charge in [-0.3, -0.25) is 10.1 Å². The van der Waals surface area contributed by atoms with Crippen LogP contribution in [0.25, 0.3) is 5.65 Å². The highest BCUT2D eigenvalue weighted by molar-refractivity contribution is 6.31. The lowest BCUT2D eigenvalue weighted by Crippen LogP contribution is -2.13. The predicted molar refractivity (Wildman–Crippen MR) is 70.4 cm³/mol. The van der Waals surface area contributed by atoms with Crippen LogP contribution in [-0.4, -0.2) is 38.5 Å². The van der Waals surface area contributed by atoms with Gasteiger partial charge in [0, 0.05) is 11.4 Å². The molecule has 0 spiro atoms. The minimum absolute atomic E-state index is 0.0455. The lowest BCUT2D eigenvalue weighted by atomic mass is 10.2. The number of halogens is 2. The first kappa shape index (κ1) is 14.5. The molecule has 10 heteroatoms. The molecule has 0 radical (unpaired) electrons. The SMILES string of the molecule is COC(=O)c1nc2c([N+](=O)[O-])cnn2c(Cl)c1CCCl. The van der Waals surface area contributed by atoms with E-state index in [1.165, 1.54) is 7.11 Å². The van der Waals surface area contributed by atoms with Crippen molar-refractivity contribution in [2.24, 2.45) is 0 Å². The Labute approximate surface area is 122 Å². The van der Waals surface area contributed by atoms with Gasteiger partial charge in [-0.15, -0.1) is 11.6 Å². The highest BCUT2D eigenvalue weighted by Gasteiger charge is 2.25. The van der Waals surface area contributed by atoms with Crippen LogP contribution in [0, 0.1) is 10.1 Å². The Morgan fingerprint density at radius 1 is 1.60 bits per heavy atom. The van der Waals surface area contributed by atoms with Gasteiger partial charge in [0.25, 0.3) is 0 Å². The molecule has 106 valence electrons. The third kappa shape index (κ3) is 2.27. The summed E-state index contributed by atoms with van der Waals surface area (Å²) in [4.78, 5) is 25.9. The van der Waals surface area contributed by atoms with E-state index in [1.807, 2.05) is 0 Å². The van der Waals surface area contributed by atoms with Crippen LogP contribution in [0.2, 0.25) is 5.15 Å². The minimum atomic E-state index is -0.745. The summed E-state index contributed by atoms with van der Waals surface area (Å²) in [7, 11) is 1.18. The van der Waals surface area contributed by atoms with Crippen molar-refractivity contribution in [1.82, 2.24) is 14.6 Å². The molecule has 0 atom stereocenters. The Hall–Kier alpha value is -1.93. The van der Waals surface area contributed by atoms with E-state index in [1.54, 1.807) is 0 Å². The summed E-state index contributed by atoms with van der Waals surface area (Å²) in [5.74, 6) is -0.551. The van der Waals surface area contributed by atoms with Crippen LogP contribution < -0.4 is 0 Å². The monoisotopic (exact) mass is 318 g/mol. The summed E-state index contributed by atoms with van der Waals surface area (Å²) in [6, 6.07) is 0. The lowest BCUT2D eigenvalue weighted by Gasteiger charge is -2.09. The second-order valence-corrected chi connectivity index (χ2v) is 4.42. The van der Waals surface area contributed by atoms with Crippen molar-refractivity contribution < 1.29 is 14.5 Å². The highest BCUT2D eigenvalue weighted by Crippen LogP contribution is 2.26. The molecule has 2 aromatic heterocycles. The number of hydrogen-bond acceptors (Lipinski definition) is 6. The van der Waals surface area contributed by atoms with Crippen LogP contribution in [0.1, 0.15) is 16.1 Å². The predicted octanol–water partition coefficient (Wildman–Crippen LogP) is 1.86. The molecule has 0 saturated heterocycles. The number of esters is 1. The average molecular weight is 319 g/mol. The second kappa shape index (κ2) is 5.59. The number of aromatic nitrogens is 3. The fraction of sp³-hybridized carbons (Fsp3) is 0.300. The number of carbonyl (C=O) groups is 1. The number of nitrogens with zero attached hydrogens (tertiary/aromatic N) is 4. The van der Waals surface area contributed by atoms with Crippen LogP contribution >= 0.6 is 23.2 Å². The zero-order valence-corrected chi connectivity index (χ0v) is 11.7. The van der Waals surface area contributed by atoms with Gasteiger partial charge >= 0.3 is 11.7 Å². The standard InChI is InChI=1S/C10H8Cl2N4O4/c1-20-10(17)7-5(2-3-11)8(12)15-9(14-7)6(4-13-15)16(18)19/h4H,2-3H2,1H3. The molecular formula is C10H8Cl2N4O4. The van der Waals surface area contributed by atoms with Crippen molar-refractivity contribution >= 4 is 40.5 Å². The first-order valence-corrected chi connectivity index (χ1v) is 6.27. The van der Waals surface area contributed by atoms with E-state index in [-0.39, 0.29) is 34.5 Å². The van der Waals surface area contributed by atoms with Crippen molar-refractivity contribution in [3.05, 3.63) is 32.7 Å². The van der Waals surface area contributed by atoms with Gasteiger partial charge in [-0.05, 0) is 6.42 Å². The first-order chi connectivity index (χ1) is 9.51. The molecule has 0 saturated carbocycles. The molecule has 0 aliphatic carbocycles. The Morgan fingerprint density at radius 3 is 2.85 bits per heavy atom. The molecule has 20 heavy (non-hydrogen) atoms. The van der Waals surface area contributed by atoms with E-state index in [9.17, 15) is 14.9 Å². The van der Waals surface area contributed by atoms with Crippen LogP contribution in [0.5, 0.6) is 0 Å². The summed E-state index contributed by atoms with van der Waals surface area (Å²) >= 11 is 11.8. The molecule has 0 unspecified atom stereocenters. The zero-order valence-electron chi connectivity index (χ0n) is 10.2. The number of carbonyl (C=O) groups excluding carboxylic acids is 1. The van der Waals surface area contributed by atoms with E-state index in [0.717, 1.165) is 10.7 Å². The van der Waals surface area contributed by atoms with Gasteiger partial charge in [-0.25, -0.2) is 9.78 Å². The van der Waals surface area contributed by atoms with Crippen molar-refractivity contribution in [3.8, 4) is 0 Å². The highest BCUT2D eigenvalue weighted by atomic mass is 35.5. The van der Waals surface area contributed by atoms with Crippen LogP contribution in [0.15, 0.2) is 6.20 Å². The largest absolute Gasteiger partial charge is 0.464 e. The molecule has 0 bridgehead atoms. The van der Waals surface area contributed by atoms with Gasteiger partial charge in [0.1, 0.15) is 11.3 Å². The molecule has 2 rings (SSSR count). The Morgan fingerprint density at radius 2 is 2.30 bits per heavy atom. The number of nitro groups is 1. The molecule has 0 amide bonds. The lowest BCUT2D eigenvalue weighted by molar-refractivity contribution is -0.383. The van der Waals surface area contributed by atoms with Crippen molar-refractivity contribution in [3.63, 3.8) is 0 Å². The normalized spacial score (nSPS) is 10.8. The molecule has 0 N–H and O–H groups in total. The third-order valence-corrected chi connectivity index (χ3v) is 3.16. The maximum atomic E-state index is 11.7. The molecule has 2 heterocycles. The van der Waals surface area contributed by atoms with Crippen molar-refractivity contribution in [2.75, 3.05) is 13.0 Å². The molecule has 0 aromatic carbocycles. The summed E-state index contributed by atoms with van der Waals surface area (Å²) in [6.07, 6.45) is 1.27. The third-order valence-electron chi connectivity index (χ3n) is 2.58. The zero-order chi connectivity index (χ0) is 14.9. The van der Waals surface area contributed by atoms with Crippen LogP contribution in [0.4, 0.5) is 5.69 Å². The van der Waals surface area contributed by atoms with Gasteiger partial charge in [-0.1, -0.05) is 11.6 Å². The molecule has 2 aromatic rings. The smallest absolute Gasteiger partial charge is 0.357 e. The fourth-order valence-electron chi connectivity index (χ4n) is 1.69. The summed E-state index contributed by atoms with van der Waals surface area (Å²) in [5.41, 5.74) is -0.249. The Balaban J connectivity index is 2.80. The van der Waals surface area contributed by atoms with E-state index in [0.29, 0.717) is 5.56 Å². The quantitative estimate of drug-likeness (QED) is 0.280. The van der Waals surface area contributed by atoms with Crippen LogP contribution in [0.3, 0.4) is 0 Å². The van der Waals surface area contributed by atoms with Gasteiger partial charge in [0.15, 0.2) is 5.69 Å². The number of ether oxygens (including phenoxy) is 1.